The van der Waals surface area contributed by atoms with Crippen LogP contribution in [0.3, 0.4) is 0 Å². The molecule has 1 heterocycles. The van der Waals surface area contributed by atoms with Gasteiger partial charge in [0.2, 0.25) is 0 Å². The van der Waals surface area contributed by atoms with Crippen LogP contribution in [0.15, 0.2) is 54.6 Å². The smallest absolute Gasteiger partial charge is 0.315 e. The van der Waals surface area contributed by atoms with E-state index >= 15 is 0 Å². The van der Waals surface area contributed by atoms with E-state index in [9.17, 15) is 4.79 Å². The van der Waals surface area contributed by atoms with Crippen molar-refractivity contribution < 1.29 is 9.53 Å². The summed E-state index contributed by atoms with van der Waals surface area (Å²) in [5, 5.41) is 6.18. The Morgan fingerprint density at radius 1 is 1.07 bits per heavy atom. The van der Waals surface area contributed by atoms with Gasteiger partial charge in [0.05, 0.1) is 7.11 Å². The fourth-order valence-corrected chi connectivity index (χ4v) is 3.89. The Morgan fingerprint density at radius 2 is 1.79 bits per heavy atom. The first-order chi connectivity index (χ1) is 14.0. The molecule has 0 bridgehead atoms. The van der Waals surface area contributed by atoms with E-state index in [-0.39, 0.29) is 12.1 Å². The highest BCUT2D eigenvalue weighted by atomic mass is 16.5. The number of hydrogen-bond donors (Lipinski definition) is 2. The summed E-state index contributed by atoms with van der Waals surface area (Å²) in [6.45, 7) is 4.21. The predicted octanol–water partition coefficient (Wildman–Crippen LogP) is 2.56. The molecule has 29 heavy (non-hydrogen) atoms. The lowest BCUT2D eigenvalue weighted by molar-refractivity contribution is 0.230. The number of carbonyl (C=O) groups is 1. The van der Waals surface area contributed by atoms with Gasteiger partial charge in [-0.05, 0) is 37.4 Å². The van der Waals surface area contributed by atoms with Gasteiger partial charge in [-0.25, -0.2) is 4.79 Å². The molecule has 2 aromatic carbocycles. The number of nitrogens with one attached hydrogen (secondary N) is 2. The van der Waals surface area contributed by atoms with Crippen LogP contribution in [-0.4, -0.2) is 62.7 Å². The van der Waals surface area contributed by atoms with Crippen LogP contribution in [0.1, 0.15) is 11.1 Å². The van der Waals surface area contributed by atoms with Gasteiger partial charge in [-0.2, -0.15) is 0 Å². The molecule has 0 spiro atoms. The molecule has 0 saturated carbocycles. The molecule has 0 aromatic heterocycles. The zero-order valence-corrected chi connectivity index (χ0v) is 17.6. The van der Waals surface area contributed by atoms with Crippen molar-refractivity contribution in [1.82, 2.24) is 20.4 Å². The van der Waals surface area contributed by atoms with Crippen LogP contribution in [0.2, 0.25) is 0 Å². The second-order valence-electron chi connectivity index (χ2n) is 7.98. The minimum Gasteiger partial charge on any atom is -0.497 e. The average Bonchev–Trinajstić information content (AvgIpc) is 3.07. The van der Waals surface area contributed by atoms with Crippen molar-refractivity contribution in [2.24, 2.45) is 5.92 Å². The number of benzene rings is 2. The first-order valence-corrected chi connectivity index (χ1v) is 10.1. The van der Waals surface area contributed by atoms with E-state index in [1.807, 2.05) is 30.3 Å². The number of hydrogen-bond acceptors (Lipinski definition) is 4. The summed E-state index contributed by atoms with van der Waals surface area (Å²) in [5.74, 6) is 1.22. The number of methoxy groups -OCH3 is 1. The van der Waals surface area contributed by atoms with E-state index in [1.54, 1.807) is 7.11 Å². The van der Waals surface area contributed by atoms with Crippen LogP contribution in [0.5, 0.6) is 5.75 Å². The van der Waals surface area contributed by atoms with Crippen LogP contribution in [0.25, 0.3) is 0 Å². The lowest BCUT2D eigenvalue weighted by Crippen LogP contribution is -2.47. The summed E-state index contributed by atoms with van der Waals surface area (Å²) >= 11 is 0. The third-order valence-electron chi connectivity index (χ3n) is 5.29. The molecule has 0 aliphatic carbocycles. The van der Waals surface area contributed by atoms with Gasteiger partial charge in [-0.3, -0.25) is 4.90 Å². The highest BCUT2D eigenvalue weighted by Crippen LogP contribution is 2.20. The van der Waals surface area contributed by atoms with Crippen molar-refractivity contribution in [2.45, 2.75) is 19.1 Å². The molecule has 0 radical (unpaired) electrons. The molecule has 0 unspecified atom stereocenters. The zero-order chi connectivity index (χ0) is 20.6. The van der Waals surface area contributed by atoms with Crippen molar-refractivity contribution >= 4 is 6.03 Å². The van der Waals surface area contributed by atoms with Crippen molar-refractivity contribution in [3.05, 3.63) is 65.7 Å². The highest BCUT2D eigenvalue weighted by Gasteiger charge is 2.33. The summed E-state index contributed by atoms with van der Waals surface area (Å²) < 4.78 is 5.17. The van der Waals surface area contributed by atoms with Crippen LogP contribution in [-0.2, 0) is 13.1 Å². The number of ether oxygens (including phenoxy) is 1. The van der Waals surface area contributed by atoms with Crippen LogP contribution >= 0.6 is 0 Å². The number of amides is 2. The van der Waals surface area contributed by atoms with Gasteiger partial charge in [0.1, 0.15) is 5.75 Å². The largest absolute Gasteiger partial charge is 0.497 e. The van der Waals surface area contributed by atoms with Gasteiger partial charge in [-0.1, -0.05) is 42.5 Å². The van der Waals surface area contributed by atoms with Gasteiger partial charge in [0.15, 0.2) is 0 Å². The highest BCUT2D eigenvalue weighted by molar-refractivity contribution is 5.74. The Kier molecular flexibility index (Phi) is 7.49. The number of urea groups is 1. The molecule has 2 N–H and O–H groups in total. The van der Waals surface area contributed by atoms with Gasteiger partial charge in [-0.15, -0.1) is 0 Å². The molecular weight excluding hydrogens is 364 g/mol. The molecule has 2 aromatic rings. The molecular formula is C23H32N4O2. The van der Waals surface area contributed by atoms with Crippen molar-refractivity contribution in [3.8, 4) is 5.75 Å². The first-order valence-electron chi connectivity index (χ1n) is 10.1. The van der Waals surface area contributed by atoms with Crippen molar-refractivity contribution in [3.63, 3.8) is 0 Å². The second kappa shape index (κ2) is 10.3. The molecule has 156 valence electrons. The van der Waals surface area contributed by atoms with Gasteiger partial charge in [0, 0.05) is 44.7 Å². The Hall–Kier alpha value is -2.57. The fraction of sp³-hybridized carbons (Fsp3) is 0.435. The fourth-order valence-electron chi connectivity index (χ4n) is 3.89. The van der Waals surface area contributed by atoms with E-state index in [2.05, 4.69) is 58.8 Å². The molecule has 1 fully saturated rings. The SMILES string of the molecule is COc1ccc(CNC(=O)N[C@@H]2CN(Cc3ccccc3)C[C@H]2CN(C)C)cc1. The molecule has 1 aliphatic rings. The summed E-state index contributed by atoms with van der Waals surface area (Å²) in [6.07, 6.45) is 0. The molecule has 2 atom stereocenters. The lowest BCUT2D eigenvalue weighted by atomic mass is 10.0. The maximum Gasteiger partial charge on any atom is 0.315 e. The van der Waals surface area contributed by atoms with Gasteiger partial charge < -0.3 is 20.3 Å². The molecule has 2 amide bonds. The topological polar surface area (TPSA) is 56.8 Å². The van der Waals surface area contributed by atoms with Crippen LogP contribution < -0.4 is 15.4 Å². The molecule has 6 nitrogen and oxygen atoms in total. The standard InChI is InChI=1S/C23H32N4O2/c1-26(2)15-20-16-27(14-19-7-5-4-6-8-19)17-22(20)25-23(28)24-13-18-9-11-21(29-3)12-10-18/h4-12,20,22H,13-17H2,1-3H3,(H2,24,25,28)/t20-,22-/m1/s1. The van der Waals surface area contributed by atoms with E-state index in [0.717, 1.165) is 37.5 Å². The number of carbonyl (C=O) groups excluding carboxylic acids is 1. The average molecular weight is 397 g/mol. The maximum absolute atomic E-state index is 12.5. The van der Waals surface area contributed by atoms with Gasteiger partial charge in [0.25, 0.3) is 0 Å². The second-order valence-corrected chi connectivity index (χ2v) is 7.98. The zero-order valence-electron chi connectivity index (χ0n) is 17.6. The molecule has 1 saturated heterocycles. The predicted molar refractivity (Wildman–Crippen MR) is 116 cm³/mol. The third kappa shape index (κ3) is 6.48. The lowest BCUT2D eigenvalue weighted by Gasteiger charge is -2.23. The van der Waals surface area contributed by atoms with E-state index < -0.39 is 0 Å². The summed E-state index contributed by atoms with van der Waals surface area (Å²) in [5.41, 5.74) is 2.35. The number of nitrogens with zero attached hydrogens (tertiary/aromatic N) is 2. The number of likely N-dealkylation sites (tertiary alicyclic amines) is 1. The van der Waals surface area contributed by atoms with Crippen molar-refractivity contribution in [2.75, 3.05) is 40.8 Å². The summed E-state index contributed by atoms with van der Waals surface area (Å²) in [7, 11) is 5.81. The molecule has 6 heteroatoms. The minimum absolute atomic E-state index is 0.115. The number of rotatable bonds is 8. The Balaban J connectivity index is 1.53. The van der Waals surface area contributed by atoms with E-state index in [0.29, 0.717) is 12.5 Å². The van der Waals surface area contributed by atoms with Gasteiger partial charge >= 0.3 is 6.03 Å². The molecule has 3 rings (SSSR count). The van der Waals surface area contributed by atoms with E-state index in [4.69, 9.17) is 4.74 Å². The Labute approximate surface area is 173 Å². The summed E-state index contributed by atoms with van der Waals surface area (Å²) in [6, 6.07) is 18.3. The third-order valence-corrected chi connectivity index (χ3v) is 5.29. The summed E-state index contributed by atoms with van der Waals surface area (Å²) in [4.78, 5) is 17.1. The normalized spacial score (nSPS) is 19.3. The quantitative estimate of drug-likeness (QED) is 0.720. The Morgan fingerprint density at radius 3 is 2.45 bits per heavy atom. The van der Waals surface area contributed by atoms with E-state index in [1.165, 1.54) is 5.56 Å². The van der Waals surface area contributed by atoms with Crippen LogP contribution in [0, 0.1) is 5.92 Å². The molecule has 1 aliphatic heterocycles. The minimum atomic E-state index is -0.115. The maximum atomic E-state index is 12.5. The first kappa shape index (κ1) is 21.1. The monoisotopic (exact) mass is 396 g/mol. The van der Waals surface area contributed by atoms with Crippen LogP contribution in [0.4, 0.5) is 4.79 Å². The van der Waals surface area contributed by atoms with Crippen molar-refractivity contribution in [1.29, 1.82) is 0 Å². The Bertz CT molecular complexity index is 764.